The number of likely N-dealkylation sites (tertiary alicyclic amines) is 1. The molecule has 2 aliphatic heterocycles. The number of nitrogens with one attached hydrogen (secondary N) is 1. The first-order chi connectivity index (χ1) is 14.0. The number of fused-ring (bicyclic) bond motifs is 1. The Kier molecular flexibility index (Phi) is 5.76. The number of aromatic nitrogens is 2. The molecule has 2 atom stereocenters. The predicted molar refractivity (Wildman–Crippen MR) is 110 cm³/mol. The second kappa shape index (κ2) is 8.45. The van der Waals surface area contributed by atoms with Crippen LogP contribution in [0.4, 0.5) is 0 Å². The van der Waals surface area contributed by atoms with Gasteiger partial charge in [-0.15, -0.1) is 0 Å². The van der Waals surface area contributed by atoms with Gasteiger partial charge in [0.1, 0.15) is 19.3 Å². The minimum atomic E-state index is -0.00839. The molecule has 4 rings (SSSR count). The molecule has 0 spiro atoms. The second-order valence-corrected chi connectivity index (χ2v) is 8.06. The zero-order chi connectivity index (χ0) is 20.4. The monoisotopic (exact) mass is 399 g/mol. The highest BCUT2D eigenvalue weighted by atomic mass is 16.6. The van der Waals surface area contributed by atoms with Crippen LogP contribution >= 0.6 is 0 Å². The summed E-state index contributed by atoms with van der Waals surface area (Å²) in [4.78, 5) is 16.9. The molecular formula is C22H31N4O3+. The Morgan fingerprint density at radius 2 is 2.07 bits per heavy atom. The van der Waals surface area contributed by atoms with E-state index in [1.165, 1.54) is 13.0 Å². The fraction of sp³-hybridized carbons (Fsp3) is 0.545. The van der Waals surface area contributed by atoms with Crippen molar-refractivity contribution in [2.45, 2.75) is 39.3 Å². The van der Waals surface area contributed by atoms with Gasteiger partial charge in [0.25, 0.3) is 5.91 Å². The lowest BCUT2D eigenvalue weighted by molar-refractivity contribution is -0.909. The highest BCUT2D eigenvalue weighted by Crippen LogP contribution is 2.31. The van der Waals surface area contributed by atoms with Gasteiger partial charge in [-0.3, -0.25) is 9.48 Å². The van der Waals surface area contributed by atoms with Crippen molar-refractivity contribution in [1.29, 1.82) is 0 Å². The van der Waals surface area contributed by atoms with Crippen LogP contribution in [0.25, 0.3) is 0 Å². The lowest BCUT2D eigenvalue weighted by Gasteiger charge is -2.28. The molecule has 2 aromatic rings. The number of hydrogen-bond acceptors (Lipinski definition) is 4. The van der Waals surface area contributed by atoms with Crippen molar-refractivity contribution in [3.8, 4) is 11.5 Å². The third-order valence-corrected chi connectivity index (χ3v) is 6.12. The molecule has 1 unspecified atom stereocenters. The maximum absolute atomic E-state index is 13.4. The van der Waals surface area contributed by atoms with E-state index in [1.54, 1.807) is 9.58 Å². The molecule has 7 heteroatoms. The predicted octanol–water partition coefficient (Wildman–Crippen LogP) is 1.21. The fourth-order valence-electron chi connectivity index (χ4n) is 4.39. The van der Waals surface area contributed by atoms with Crippen molar-refractivity contribution in [2.75, 3.05) is 32.8 Å². The van der Waals surface area contributed by atoms with Crippen molar-refractivity contribution < 1.29 is 19.2 Å². The minimum Gasteiger partial charge on any atom is -0.486 e. The number of nitrogens with zero attached hydrogens (tertiary/aromatic N) is 3. The number of benzene rings is 1. The van der Waals surface area contributed by atoms with E-state index in [4.69, 9.17) is 9.47 Å². The van der Waals surface area contributed by atoms with E-state index in [2.05, 4.69) is 12.0 Å². The standard InChI is InChI=1S/C22H30N4O3/c1-4-25-9-5-6-18(25)15-26(22(27)19-12-16(2)24(3)23-19)14-17-7-8-20-21(13-17)29-11-10-28-20/h7-8,12-13,18H,4-6,9-11,14-15H2,1-3H3/p+1/t18-/m0/s1. The van der Waals surface area contributed by atoms with E-state index in [1.807, 2.05) is 43.1 Å². The number of ether oxygens (including phenoxy) is 2. The van der Waals surface area contributed by atoms with Crippen LogP contribution in [-0.2, 0) is 13.6 Å². The molecular weight excluding hydrogens is 368 g/mol. The van der Waals surface area contributed by atoms with Crippen molar-refractivity contribution in [3.05, 3.63) is 41.2 Å². The molecule has 1 fully saturated rings. The number of quaternary nitrogens is 1. The minimum absolute atomic E-state index is 0.00839. The van der Waals surface area contributed by atoms with Gasteiger partial charge in [-0.1, -0.05) is 6.07 Å². The number of aryl methyl sites for hydroxylation is 2. The van der Waals surface area contributed by atoms with Crippen molar-refractivity contribution >= 4 is 5.91 Å². The smallest absolute Gasteiger partial charge is 0.274 e. The zero-order valence-corrected chi connectivity index (χ0v) is 17.6. The topological polar surface area (TPSA) is 61.0 Å². The third-order valence-electron chi connectivity index (χ3n) is 6.12. The van der Waals surface area contributed by atoms with Crippen molar-refractivity contribution in [3.63, 3.8) is 0 Å². The Morgan fingerprint density at radius 1 is 1.28 bits per heavy atom. The normalized spacial score (nSPS) is 20.7. The maximum atomic E-state index is 13.4. The number of likely N-dealkylation sites (N-methyl/N-ethyl adjacent to an activating group) is 1. The molecule has 0 aliphatic carbocycles. The van der Waals surface area contributed by atoms with Crippen LogP contribution in [0, 0.1) is 6.92 Å². The van der Waals surface area contributed by atoms with Crippen LogP contribution in [0.2, 0.25) is 0 Å². The number of hydrogen-bond donors (Lipinski definition) is 1. The van der Waals surface area contributed by atoms with Crippen LogP contribution in [0.5, 0.6) is 11.5 Å². The maximum Gasteiger partial charge on any atom is 0.274 e. The average molecular weight is 400 g/mol. The molecule has 1 aromatic heterocycles. The summed E-state index contributed by atoms with van der Waals surface area (Å²) in [5.74, 6) is 1.53. The quantitative estimate of drug-likeness (QED) is 0.793. The Balaban J connectivity index is 1.58. The number of carbonyl (C=O) groups excluding carboxylic acids is 1. The van der Waals surface area contributed by atoms with E-state index < -0.39 is 0 Å². The van der Waals surface area contributed by atoms with Crippen LogP contribution in [0.3, 0.4) is 0 Å². The average Bonchev–Trinajstić information content (AvgIpc) is 3.32. The van der Waals surface area contributed by atoms with E-state index in [0.29, 0.717) is 31.5 Å². The number of amides is 1. The molecule has 1 aromatic carbocycles. The van der Waals surface area contributed by atoms with Crippen molar-refractivity contribution in [1.82, 2.24) is 14.7 Å². The Hall–Kier alpha value is -2.54. The lowest BCUT2D eigenvalue weighted by atomic mass is 10.1. The first-order valence-electron chi connectivity index (χ1n) is 10.6. The molecule has 7 nitrogen and oxygen atoms in total. The zero-order valence-electron chi connectivity index (χ0n) is 17.6. The summed E-state index contributed by atoms with van der Waals surface area (Å²) in [7, 11) is 1.87. The van der Waals surface area contributed by atoms with Gasteiger partial charge >= 0.3 is 0 Å². The highest BCUT2D eigenvalue weighted by Gasteiger charge is 2.31. The van der Waals surface area contributed by atoms with Gasteiger partial charge < -0.3 is 19.3 Å². The van der Waals surface area contributed by atoms with Crippen LogP contribution < -0.4 is 14.4 Å². The highest BCUT2D eigenvalue weighted by molar-refractivity contribution is 5.92. The fourth-order valence-corrected chi connectivity index (χ4v) is 4.39. The van der Waals surface area contributed by atoms with E-state index in [9.17, 15) is 4.79 Å². The van der Waals surface area contributed by atoms with Gasteiger partial charge in [0, 0.05) is 32.1 Å². The first kappa shape index (κ1) is 19.8. The molecule has 1 N–H and O–H groups in total. The summed E-state index contributed by atoms with van der Waals surface area (Å²) in [5, 5.41) is 4.43. The molecule has 1 saturated heterocycles. The summed E-state index contributed by atoms with van der Waals surface area (Å²) >= 11 is 0. The van der Waals surface area contributed by atoms with Gasteiger partial charge in [0.2, 0.25) is 0 Å². The van der Waals surface area contributed by atoms with Gasteiger partial charge in [-0.25, -0.2) is 0 Å². The SMILES string of the molecule is CC[NH+]1CCC[C@H]1CN(Cc1ccc2c(c1)OCCO2)C(=O)c1cc(C)n(C)n1. The van der Waals surface area contributed by atoms with Crippen LogP contribution in [0.1, 0.15) is 41.5 Å². The second-order valence-electron chi connectivity index (χ2n) is 8.06. The lowest BCUT2D eigenvalue weighted by Crippen LogP contribution is -3.14. The molecule has 0 saturated carbocycles. The van der Waals surface area contributed by atoms with E-state index in [0.717, 1.165) is 42.3 Å². The Morgan fingerprint density at radius 3 is 2.79 bits per heavy atom. The molecule has 2 aliphatic rings. The van der Waals surface area contributed by atoms with E-state index in [-0.39, 0.29) is 5.91 Å². The number of carbonyl (C=O) groups is 1. The van der Waals surface area contributed by atoms with Crippen LogP contribution in [-0.4, -0.2) is 59.5 Å². The van der Waals surface area contributed by atoms with Crippen LogP contribution in [0.15, 0.2) is 24.3 Å². The largest absolute Gasteiger partial charge is 0.486 e. The van der Waals surface area contributed by atoms with E-state index >= 15 is 0 Å². The molecule has 3 heterocycles. The molecule has 156 valence electrons. The van der Waals surface area contributed by atoms with Gasteiger partial charge in [0.05, 0.1) is 19.6 Å². The summed E-state index contributed by atoms with van der Waals surface area (Å²) in [6.45, 7) is 8.90. The van der Waals surface area contributed by atoms with Gasteiger partial charge in [-0.2, -0.15) is 5.10 Å². The van der Waals surface area contributed by atoms with Gasteiger partial charge in [-0.05, 0) is 37.6 Å². The Labute approximate surface area is 172 Å². The molecule has 0 bridgehead atoms. The van der Waals surface area contributed by atoms with Crippen molar-refractivity contribution in [2.24, 2.45) is 7.05 Å². The molecule has 29 heavy (non-hydrogen) atoms. The molecule has 1 amide bonds. The molecule has 0 radical (unpaired) electrons. The summed E-state index contributed by atoms with van der Waals surface area (Å²) < 4.78 is 13.1. The Bertz CT molecular complexity index is 859. The number of rotatable bonds is 6. The summed E-state index contributed by atoms with van der Waals surface area (Å²) in [5.41, 5.74) is 2.54. The summed E-state index contributed by atoms with van der Waals surface area (Å²) in [6.07, 6.45) is 2.39. The first-order valence-corrected chi connectivity index (χ1v) is 10.6. The third kappa shape index (κ3) is 4.24. The summed E-state index contributed by atoms with van der Waals surface area (Å²) in [6, 6.07) is 8.31. The van der Waals surface area contributed by atoms with Gasteiger partial charge in [0.15, 0.2) is 17.2 Å².